The molecule has 10 heteroatoms. The van der Waals surface area contributed by atoms with Crippen molar-refractivity contribution in [2.75, 3.05) is 46.4 Å². The second kappa shape index (κ2) is 11.5. The van der Waals surface area contributed by atoms with Crippen molar-refractivity contribution >= 4 is 22.3 Å². The molecule has 0 atom stereocenters. The van der Waals surface area contributed by atoms with Crippen LogP contribution < -0.4 is 4.74 Å². The number of aromatic nitrogens is 6. The highest BCUT2D eigenvalue weighted by Crippen LogP contribution is 2.26. The van der Waals surface area contributed by atoms with E-state index in [9.17, 15) is 4.79 Å². The van der Waals surface area contributed by atoms with E-state index in [4.69, 9.17) is 9.84 Å². The fourth-order valence-corrected chi connectivity index (χ4v) is 5.65. The van der Waals surface area contributed by atoms with Crippen molar-refractivity contribution in [3.05, 3.63) is 77.1 Å². The fraction of sp³-hybridized carbons (Fsp3) is 0.419. The number of benzene rings is 1. The molecule has 0 spiro atoms. The first-order valence-corrected chi connectivity index (χ1v) is 14.4. The summed E-state index contributed by atoms with van der Waals surface area (Å²) in [4.78, 5) is 22.9. The van der Waals surface area contributed by atoms with Crippen molar-refractivity contribution in [3.8, 4) is 5.75 Å². The van der Waals surface area contributed by atoms with Gasteiger partial charge in [0.05, 0.1) is 29.6 Å². The number of carbonyl (C=O) groups is 1. The van der Waals surface area contributed by atoms with E-state index in [2.05, 4.69) is 46.0 Å². The van der Waals surface area contributed by atoms with Crippen LogP contribution in [0.15, 0.2) is 48.8 Å². The molecule has 0 aliphatic carbocycles. The topological polar surface area (TPSA) is 85.7 Å². The number of ketones is 1. The van der Waals surface area contributed by atoms with Crippen LogP contribution in [0.1, 0.15) is 40.1 Å². The molecule has 0 radical (unpaired) electrons. The molecule has 0 bridgehead atoms. The van der Waals surface area contributed by atoms with Crippen LogP contribution in [-0.4, -0.2) is 90.9 Å². The average Bonchev–Trinajstić information content (AvgIpc) is 3.65. The normalized spacial score (nSPS) is 14.8. The summed E-state index contributed by atoms with van der Waals surface area (Å²) in [7, 11) is 4.11. The standard InChI is InChI=1S/C31H38N8O2/c1-5-26-31-23(7-6-8-27(31)39(34-26)21-24-17-22(2)36(4)33-24)18-29(40)28-20-32-30-19-25(9-10-38(28)30)41-16-15-37-13-11-35(3)12-14-37/h6-10,17,19-20H,5,11-16,18,21H2,1-4H3. The number of rotatable bonds is 10. The molecule has 10 nitrogen and oxygen atoms in total. The number of aryl methyl sites for hydroxylation is 3. The molecular formula is C31H38N8O2. The van der Waals surface area contributed by atoms with Crippen LogP contribution in [0.25, 0.3) is 16.6 Å². The summed E-state index contributed by atoms with van der Waals surface area (Å²) >= 11 is 0. The number of nitrogens with zero attached hydrogens (tertiary/aromatic N) is 8. The molecule has 0 unspecified atom stereocenters. The smallest absolute Gasteiger partial charge is 0.185 e. The number of fused-ring (bicyclic) bond motifs is 2. The van der Waals surface area contributed by atoms with Gasteiger partial charge >= 0.3 is 0 Å². The Bertz CT molecular complexity index is 1670. The number of imidazole rings is 1. The Labute approximate surface area is 240 Å². The lowest BCUT2D eigenvalue weighted by Crippen LogP contribution is -2.45. The predicted octanol–water partition coefficient (Wildman–Crippen LogP) is 3.39. The maximum absolute atomic E-state index is 13.6. The van der Waals surface area contributed by atoms with Crippen LogP contribution >= 0.6 is 0 Å². The SMILES string of the molecule is CCc1nn(Cc2cc(C)n(C)n2)c2cccc(CC(=O)c3cnc4cc(OCCN5CCN(C)CC5)ccn34)c12. The number of hydrogen-bond donors (Lipinski definition) is 0. The van der Waals surface area contributed by atoms with Gasteiger partial charge in [0.25, 0.3) is 0 Å². The third kappa shape index (κ3) is 5.62. The summed E-state index contributed by atoms with van der Waals surface area (Å²) in [6.45, 7) is 10.6. The maximum atomic E-state index is 13.6. The molecule has 4 aromatic heterocycles. The minimum absolute atomic E-state index is 0.0175. The van der Waals surface area contributed by atoms with E-state index in [-0.39, 0.29) is 12.2 Å². The van der Waals surface area contributed by atoms with E-state index in [1.807, 2.05) is 58.2 Å². The first-order chi connectivity index (χ1) is 19.9. The highest BCUT2D eigenvalue weighted by Gasteiger charge is 2.19. The Morgan fingerprint density at radius 1 is 1.05 bits per heavy atom. The molecule has 1 fully saturated rings. The molecule has 1 aliphatic heterocycles. The zero-order chi connectivity index (χ0) is 28.5. The molecule has 1 aliphatic rings. The molecule has 41 heavy (non-hydrogen) atoms. The summed E-state index contributed by atoms with van der Waals surface area (Å²) in [5.74, 6) is 0.785. The van der Waals surface area contributed by atoms with E-state index < -0.39 is 0 Å². The molecule has 0 saturated carbocycles. The maximum Gasteiger partial charge on any atom is 0.185 e. The third-order valence-corrected chi connectivity index (χ3v) is 8.14. The third-order valence-electron chi connectivity index (χ3n) is 8.14. The van der Waals surface area contributed by atoms with Gasteiger partial charge in [0, 0.05) is 69.5 Å². The number of pyridine rings is 1. The predicted molar refractivity (Wildman–Crippen MR) is 159 cm³/mol. The lowest BCUT2D eigenvalue weighted by atomic mass is 10.0. The minimum Gasteiger partial charge on any atom is -0.492 e. The number of carbonyl (C=O) groups excluding carboxylic acids is 1. The molecule has 5 aromatic rings. The summed E-state index contributed by atoms with van der Waals surface area (Å²) in [6.07, 6.45) is 4.60. The van der Waals surface area contributed by atoms with E-state index in [1.54, 1.807) is 6.20 Å². The number of piperazine rings is 1. The minimum atomic E-state index is 0.0175. The van der Waals surface area contributed by atoms with Gasteiger partial charge in [-0.2, -0.15) is 10.2 Å². The molecule has 6 rings (SSSR count). The molecule has 5 heterocycles. The van der Waals surface area contributed by atoms with Crippen LogP contribution in [0.5, 0.6) is 5.75 Å². The first-order valence-electron chi connectivity index (χ1n) is 14.4. The number of Topliss-reactive ketones (excluding diaryl/α,β-unsaturated/α-hetero) is 1. The first kappa shape index (κ1) is 27.2. The Morgan fingerprint density at radius 3 is 2.63 bits per heavy atom. The summed E-state index contributed by atoms with van der Waals surface area (Å²) in [5.41, 5.74) is 6.33. The Balaban J connectivity index is 1.18. The highest BCUT2D eigenvalue weighted by molar-refractivity contribution is 5.99. The number of ether oxygens (including phenoxy) is 1. The van der Waals surface area contributed by atoms with Crippen LogP contribution in [0.4, 0.5) is 0 Å². The van der Waals surface area contributed by atoms with Crippen LogP contribution in [0, 0.1) is 6.92 Å². The summed E-state index contributed by atoms with van der Waals surface area (Å²) in [5, 5.41) is 10.6. The van der Waals surface area contributed by atoms with Crippen molar-refractivity contribution in [1.82, 2.24) is 38.7 Å². The van der Waals surface area contributed by atoms with Crippen LogP contribution in [-0.2, 0) is 26.4 Å². The van der Waals surface area contributed by atoms with Gasteiger partial charge in [-0.1, -0.05) is 19.1 Å². The molecule has 0 amide bonds. The van der Waals surface area contributed by atoms with Gasteiger partial charge in [-0.15, -0.1) is 0 Å². The molecular weight excluding hydrogens is 516 g/mol. The van der Waals surface area contributed by atoms with E-state index in [0.717, 1.165) is 78.4 Å². The zero-order valence-corrected chi connectivity index (χ0v) is 24.4. The number of hydrogen-bond acceptors (Lipinski definition) is 7. The van der Waals surface area contributed by atoms with Gasteiger partial charge in [0.2, 0.25) is 0 Å². The van der Waals surface area contributed by atoms with Gasteiger partial charge < -0.3 is 9.64 Å². The van der Waals surface area contributed by atoms with Gasteiger partial charge in [0.1, 0.15) is 23.7 Å². The largest absolute Gasteiger partial charge is 0.492 e. The van der Waals surface area contributed by atoms with E-state index in [1.165, 1.54) is 0 Å². The van der Waals surface area contributed by atoms with Gasteiger partial charge in [-0.3, -0.25) is 23.5 Å². The fourth-order valence-electron chi connectivity index (χ4n) is 5.65. The second-order valence-electron chi connectivity index (χ2n) is 11.0. The quantitative estimate of drug-likeness (QED) is 0.245. The van der Waals surface area contributed by atoms with Crippen LogP contribution in [0.2, 0.25) is 0 Å². The molecule has 1 saturated heterocycles. The van der Waals surface area contributed by atoms with Crippen molar-refractivity contribution in [3.63, 3.8) is 0 Å². The van der Waals surface area contributed by atoms with E-state index >= 15 is 0 Å². The molecule has 1 aromatic carbocycles. The van der Waals surface area contributed by atoms with Gasteiger partial charge in [0.15, 0.2) is 5.78 Å². The molecule has 214 valence electrons. The van der Waals surface area contributed by atoms with E-state index in [0.29, 0.717) is 24.5 Å². The Morgan fingerprint density at radius 2 is 1.88 bits per heavy atom. The van der Waals surface area contributed by atoms with Crippen LogP contribution in [0.3, 0.4) is 0 Å². The van der Waals surface area contributed by atoms with Crippen molar-refractivity contribution < 1.29 is 9.53 Å². The Hall–Kier alpha value is -4.02. The summed E-state index contributed by atoms with van der Waals surface area (Å²) < 4.78 is 11.8. The van der Waals surface area contributed by atoms with Gasteiger partial charge in [-0.25, -0.2) is 4.98 Å². The van der Waals surface area contributed by atoms with Crippen molar-refractivity contribution in [1.29, 1.82) is 0 Å². The lowest BCUT2D eigenvalue weighted by molar-refractivity contribution is 0.0987. The van der Waals surface area contributed by atoms with Gasteiger partial charge in [-0.05, 0) is 44.2 Å². The summed E-state index contributed by atoms with van der Waals surface area (Å²) in [6, 6.07) is 12.0. The lowest BCUT2D eigenvalue weighted by Gasteiger charge is -2.32. The number of likely N-dealkylation sites (N-methyl/N-ethyl adjacent to an activating group) is 1. The monoisotopic (exact) mass is 554 g/mol. The zero-order valence-electron chi connectivity index (χ0n) is 24.4. The molecule has 0 N–H and O–H groups in total. The highest BCUT2D eigenvalue weighted by atomic mass is 16.5. The van der Waals surface area contributed by atoms with Crippen molar-refractivity contribution in [2.45, 2.75) is 33.2 Å². The van der Waals surface area contributed by atoms with Crippen molar-refractivity contribution in [2.24, 2.45) is 7.05 Å². The second-order valence-corrected chi connectivity index (χ2v) is 11.0. The Kier molecular flexibility index (Phi) is 7.59. The average molecular weight is 555 g/mol.